The highest BCUT2D eigenvalue weighted by Crippen LogP contribution is 2.40. The zero-order chi connectivity index (χ0) is 44.7. The summed E-state index contributed by atoms with van der Waals surface area (Å²) >= 11 is 4.54. The Morgan fingerprint density at radius 3 is 1.78 bits per heavy atom. The first kappa shape index (κ1) is 52.6. The van der Waals surface area contributed by atoms with Crippen LogP contribution in [-0.2, 0) is 9.84 Å². The molecule has 4 heterocycles. The van der Waals surface area contributed by atoms with Crippen molar-refractivity contribution in [1.29, 1.82) is 0 Å². The number of ether oxygens (including phenoxy) is 1. The molecule has 0 unspecified atom stereocenters. The molecular weight excluding hydrogens is 789 g/mol. The van der Waals surface area contributed by atoms with Crippen molar-refractivity contribution in [2.75, 3.05) is 70.9 Å². The van der Waals surface area contributed by atoms with Gasteiger partial charge in [0.05, 0.1) is 16.1 Å². The number of aliphatic hydroxyl groups excluding tert-OH is 1. The van der Waals surface area contributed by atoms with E-state index in [0.29, 0.717) is 42.8 Å². The Labute approximate surface area is 362 Å². The molecule has 0 saturated carbocycles. The molecule has 0 bridgehead atoms. The number of thiol groups is 1. The summed E-state index contributed by atoms with van der Waals surface area (Å²) in [6.07, 6.45) is 5.93. The molecule has 6 rings (SSSR count). The molecule has 3 fully saturated rings. The lowest BCUT2D eigenvalue weighted by Crippen LogP contribution is -2.55. The van der Waals surface area contributed by atoms with Crippen LogP contribution in [0.4, 0.5) is 14.5 Å². The number of aromatic nitrogens is 1. The summed E-state index contributed by atoms with van der Waals surface area (Å²) in [7, 11) is -3.38. The lowest BCUT2D eigenvalue weighted by atomic mass is 9.95. The van der Waals surface area contributed by atoms with Gasteiger partial charge < -0.3 is 24.5 Å². The average molecular weight is 866 g/mol. The third-order valence-electron chi connectivity index (χ3n) is 10.9. The second-order valence-corrected chi connectivity index (χ2v) is 19.1. The number of pyridine rings is 1. The number of fused-ring (bicyclic) bond motifs is 1. The molecule has 3 aliphatic heterocycles. The highest BCUT2D eigenvalue weighted by atomic mass is 32.2. The van der Waals surface area contributed by atoms with Crippen molar-refractivity contribution < 1.29 is 27.0 Å². The molecule has 3 aliphatic rings. The Balaban J connectivity index is 0.00000141. The monoisotopic (exact) mass is 866 g/mol. The van der Waals surface area contributed by atoms with Crippen LogP contribution >= 0.6 is 12.6 Å². The molecular formula is C46H77F2N5O4S2. The number of rotatable bonds is 10. The number of likely N-dealkylation sites (tertiary alicyclic amines) is 1. The van der Waals surface area contributed by atoms with Gasteiger partial charge in [0.25, 0.3) is 0 Å². The van der Waals surface area contributed by atoms with Crippen LogP contribution < -0.4 is 9.64 Å². The fourth-order valence-electron chi connectivity index (χ4n) is 8.58. The van der Waals surface area contributed by atoms with Gasteiger partial charge in [0.2, 0.25) is 9.84 Å². The number of piperidine rings is 2. The maximum Gasteiger partial charge on any atom is 0.210 e. The molecule has 1 aromatic heterocycles. The second kappa shape index (κ2) is 24.2. The molecule has 59 heavy (non-hydrogen) atoms. The Hall–Kier alpha value is -2.55. The van der Waals surface area contributed by atoms with E-state index in [9.17, 15) is 8.42 Å². The summed E-state index contributed by atoms with van der Waals surface area (Å²) in [5.41, 5.74) is 1.24. The molecule has 0 aliphatic carbocycles. The quantitative estimate of drug-likeness (QED) is 0.194. The van der Waals surface area contributed by atoms with Crippen LogP contribution in [0.5, 0.6) is 5.75 Å². The van der Waals surface area contributed by atoms with Crippen LogP contribution in [0.15, 0.2) is 46.3 Å². The molecule has 0 amide bonds. The van der Waals surface area contributed by atoms with Crippen molar-refractivity contribution in [3.63, 3.8) is 0 Å². The minimum absolute atomic E-state index is 0.0485. The van der Waals surface area contributed by atoms with Crippen molar-refractivity contribution in [2.24, 2.45) is 0 Å². The number of nitrogens with zero attached hydrogens (tertiary/aromatic N) is 5. The third kappa shape index (κ3) is 14.0. The highest BCUT2D eigenvalue weighted by Gasteiger charge is 2.35. The van der Waals surface area contributed by atoms with Crippen molar-refractivity contribution in [3.05, 3.63) is 53.7 Å². The van der Waals surface area contributed by atoms with Gasteiger partial charge in [-0.25, -0.2) is 17.2 Å². The molecule has 336 valence electrons. The van der Waals surface area contributed by atoms with Gasteiger partial charge >= 0.3 is 0 Å². The van der Waals surface area contributed by atoms with E-state index in [0.717, 1.165) is 88.8 Å². The van der Waals surface area contributed by atoms with Crippen molar-refractivity contribution in [2.45, 2.75) is 147 Å². The summed E-state index contributed by atoms with van der Waals surface area (Å²) in [6.45, 7) is 32.7. The number of benzene rings is 2. The Kier molecular flexibility index (Phi) is 21.6. The van der Waals surface area contributed by atoms with E-state index < -0.39 is 42.5 Å². The molecule has 2 aromatic carbocycles. The normalized spacial score (nSPS) is 17.7. The van der Waals surface area contributed by atoms with E-state index in [1.165, 1.54) is 19.0 Å². The van der Waals surface area contributed by atoms with Gasteiger partial charge in [-0.1, -0.05) is 73.9 Å². The van der Waals surface area contributed by atoms with Crippen LogP contribution in [0.25, 0.3) is 10.9 Å². The van der Waals surface area contributed by atoms with Gasteiger partial charge in [0.1, 0.15) is 10.5 Å². The second-order valence-electron chi connectivity index (χ2n) is 16.0. The highest BCUT2D eigenvalue weighted by molar-refractivity contribution is 7.91. The number of hydrogen-bond acceptors (Lipinski definition) is 10. The first-order chi connectivity index (χ1) is 28.0. The number of anilines is 1. The topological polar surface area (TPSA) is 89.5 Å². The molecule has 0 radical (unpaired) electrons. The summed E-state index contributed by atoms with van der Waals surface area (Å²) in [6, 6.07) is 8.61. The van der Waals surface area contributed by atoms with Crippen LogP contribution in [0, 0.1) is 18.6 Å². The Bertz CT molecular complexity index is 1790. The number of aryl methyl sites for hydroxylation is 1. The lowest BCUT2D eigenvalue weighted by molar-refractivity contribution is 0.0449. The number of likely N-dealkylation sites (N-methyl/N-ethyl adjacent to an activating group) is 1. The summed E-state index contributed by atoms with van der Waals surface area (Å²) in [4.78, 5) is 14.0. The first-order valence-electron chi connectivity index (χ1n) is 22.0. The number of hydrogen-bond donors (Lipinski definition) is 2. The number of piperazine rings is 1. The van der Waals surface area contributed by atoms with Gasteiger partial charge in [-0.2, -0.15) is 12.6 Å². The van der Waals surface area contributed by atoms with E-state index in [1.807, 2.05) is 80.5 Å². The van der Waals surface area contributed by atoms with Crippen molar-refractivity contribution in [3.8, 4) is 5.75 Å². The minimum atomic E-state index is -4.38. The third-order valence-corrected chi connectivity index (χ3v) is 12.8. The lowest BCUT2D eigenvalue weighted by Gasteiger charge is -2.46. The molecule has 9 nitrogen and oxygen atoms in total. The summed E-state index contributed by atoms with van der Waals surface area (Å²) in [5, 5.41) is 7.72. The maximum atomic E-state index is 15.6. The van der Waals surface area contributed by atoms with Crippen molar-refractivity contribution >= 4 is 39.1 Å². The van der Waals surface area contributed by atoms with Gasteiger partial charge in [0.15, 0.2) is 17.4 Å². The van der Waals surface area contributed by atoms with E-state index in [4.69, 9.17) is 9.84 Å². The first-order valence-corrected chi connectivity index (χ1v) is 23.9. The number of sulfone groups is 1. The van der Waals surface area contributed by atoms with Gasteiger partial charge in [-0.3, -0.25) is 9.88 Å². The van der Waals surface area contributed by atoms with Gasteiger partial charge in [0, 0.05) is 81.2 Å². The van der Waals surface area contributed by atoms with Crippen LogP contribution in [0.3, 0.4) is 0 Å². The molecule has 13 heteroatoms. The molecule has 0 spiro atoms. The Morgan fingerprint density at radius 2 is 1.29 bits per heavy atom. The van der Waals surface area contributed by atoms with Crippen LogP contribution in [0.1, 0.15) is 114 Å². The zero-order valence-electron chi connectivity index (χ0n) is 38.5. The average Bonchev–Trinajstić information content (AvgIpc) is 3.24. The van der Waals surface area contributed by atoms with Gasteiger partial charge in [-0.15, -0.1) is 0 Å². The Morgan fingerprint density at radius 1 is 0.797 bits per heavy atom. The van der Waals surface area contributed by atoms with Crippen LogP contribution in [-0.4, -0.2) is 122 Å². The standard InChI is InChI=1S/C39H55F2N5O3S2.3C2H6.CH4O/c1-7-43-18-20-45(21-19-43)29-10-14-44(15-11-29)28-12-16-46(17-13-28)36-31-22-27(2)8-9-34(31)42-25-35(36)51(47,48)30-23-32(40)37(33(41)24-30)49-38(3,4)26-39(5,6)50;4*1-2/h8-9,22-25,28-29,50H,7,10-21,26H2,1-6H3;3*1-2H3;2H,1H3. The van der Waals surface area contributed by atoms with E-state index >= 15 is 8.78 Å². The van der Waals surface area contributed by atoms with E-state index in [1.54, 1.807) is 13.8 Å². The van der Waals surface area contributed by atoms with E-state index in [-0.39, 0.29) is 4.90 Å². The predicted molar refractivity (Wildman–Crippen MR) is 246 cm³/mol. The fraction of sp³-hybridized carbons (Fsp3) is 0.674. The summed E-state index contributed by atoms with van der Waals surface area (Å²) in [5.74, 6) is -2.75. The van der Waals surface area contributed by atoms with Crippen molar-refractivity contribution in [1.82, 2.24) is 19.7 Å². The minimum Gasteiger partial charge on any atom is -0.482 e. The van der Waals surface area contributed by atoms with Crippen LogP contribution in [0.2, 0.25) is 0 Å². The maximum absolute atomic E-state index is 15.6. The fourth-order valence-corrected chi connectivity index (χ4v) is 10.4. The largest absolute Gasteiger partial charge is 0.482 e. The molecule has 1 N–H and O–H groups in total. The SMILES string of the molecule is CC.CC.CC.CCN1CCN(C2CCN(C3CCN(c4c(S(=O)(=O)c5cc(F)c(OC(C)(C)CC(C)(C)S)c(F)c5)cnc5ccc(C)cc45)CC3)CC2)CC1.CO. The zero-order valence-corrected chi connectivity index (χ0v) is 40.2. The summed E-state index contributed by atoms with van der Waals surface area (Å²) < 4.78 is 65.2. The smallest absolute Gasteiger partial charge is 0.210 e. The predicted octanol–water partition coefficient (Wildman–Crippen LogP) is 9.67. The van der Waals surface area contributed by atoms with Gasteiger partial charge in [-0.05, 0) is 90.4 Å². The number of halogens is 2. The molecule has 3 saturated heterocycles. The molecule has 0 atom stereocenters. The molecule has 3 aromatic rings. The van der Waals surface area contributed by atoms with E-state index in [2.05, 4.69) is 44.1 Å². The number of aliphatic hydroxyl groups is 1.